The molecule has 0 bridgehead atoms. The Bertz CT molecular complexity index is 796. The highest BCUT2D eigenvalue weighted by Gasteiger charge is 2.45. The Morgan fingerprint density at radius 3 is 1.97 bits per heavy atom. The van der Waals surface area contributed by atoms with Crippen LogP contribution in [-0.2, 0) is 6.54 Å². The topological polar surface area (TPSA) is 34.2 Å². The Morgan fingerprint density at radius 2 is 1.40 bits per heavy atom. The van der Waals surface area contributed by atoms with E-state index in [0.29, 0.717) is 17.9 Å². The van der Waals surface area contributed by atoms with Crippen molar-refractivity contribution < 1.29 is 14.2 Å². The molecule has 2 fully saturated rings. The Labute approximate surface area is 192 Å². The number of methoxy groups -OCH3 is 3. The van der Waals surface area contributed by atoms with Gasteiger partial charge >= 0.3 is 0 Å². The van der Waals surface area contributed by atoms with Crippen LogP contribution in [0.5, 0.6) is 17.2 Å². The summed E-state index contributed by atoms with van der Waals surface area (Å²) in [4.78, 5) is 5.09. The minimum atomic E-state index is 0. The Morgan fingerprint density at radius 1 is 0.800 bits per heavy atom. The number of fused-ring (bicyclic) bond motifs is 1. The van der Waals surface area contributed by atoms with Crippen LogP contribution in [0.3, 0.4) is 0 Å². The van der Waals surface area contributed by atoms with Crippen molar-refractivity contribution in [1.29, 1.82) is 0 Å². The van der Waals surface area contributed by atoms with Crippen LogP contribution in [0.25, 0.3) is 0 Å². The minimum absolute atomic E-state index is 0. The molecule has 30 heavy (non-hydrogen) atoms. The summed E-state index contributed by atoms with van der Waals surface area (Å²) in [7, 11) is 7.38. The molecule has 0 aromatic heterocycles. The number of nitrogens with zero attached hydrogens (tertiary/aromatic N) is 2. The normalized spacial score (nSPS) is 23.3. The lowest BCUT2D eigenvalue weighted by atomic mass is 9.89. The lowest BCUT2D eigenvalue weighted by molar-refractivity contribution is 0.224. The molecule has 0 radical (unpaired) electrons. The van der Waals surface area contributed by atoms with Crippen molar-refractivity contribution in [2.45, 2.75) is 12.6 Å². The van der Waals surface area contributed by atoms with Crippen LogP contribution in [-0.4, -0.2) is 57.8 Å². The van der Waals surface area contributed by atoms with E-state index >= 15 is 0 Å². The maximum absolute atomic E-state index is 5.43. The molecule has 0 spiro atoms. The van der Waals surface area contributed by atoms with Crippen LogP contribution in [0.15, 0.2) is 42.5 Å². The summed E-state index contributed by atoms with van der Waals surface area (Å²) in [5.74, 6) is 3.99. The first-order valence-corrected chi connectivity index (χ1v) is 9.89. The predicted molar refractivity (Wildman–Crippen MR) is 125 cm³/mol. The first-order valence-electron chi connectivity index (χ1n) is 9.89. The van der Waals surface area contributed by atoms with Crippen molar-refractivity contribution >= 4 is 24.8 Å². The molecule has 3 atom stereocenters. The molecule has 2 aromatic carbocycles. The van der Waals surface area contributed by atoms with Crippen LogP contribution in [0.4, 0.5) is 0 Å². The highest BCUT2D eigenvalue weighted by atomic mass is 35.5. The van der Waals surface area contributed by atoms with Gasteiger partial charge < -0.3 is 14.2 Å². The van der Waals surface area contributed by atoms with Gasteiger partial charge in [-0.15, -0.1) is 24.8 Å². The van der Waals surface area contributed by atoms with Gasteiger partial charge in [0.2, 0.25) is 0 Å². The second-order valence-corrected chi connectivity index (χ2v) is 8.00. The summed E-state index contributed by atoms with van der Waals surface area (Å²) in [6.45, 7) is 4.34. The maximum atomic E-state index is 5.43. The number of halogens is 2. The predicted octanol–water partition coefficient (Wildman–Crippen LogP) is 4.29. The van der Waals surface area contributed by atoms with Gasteiger partial charge in [-0.3, -0.25) is 9.80 Å². The quantitative estimate of drug-likeness (QED) is 0.649. The first-order chi connectivity index (χ1) is 13.6. The molecule has 5 nitrogen and oxygen atoms in total. The minimum Gasteiger partial charge on any atom is -0.497 e. The third-order valence-corrected chi connectivity index (χ3v) is 6.24. The summed E-state index contributed by atoms with van der Waals surface area (Å²) in [6, 6.07) is 15.2. The van der Waals surface area contributed by atoms with Gasteiger partial charge in [-0.1, -0.05) is 12.1 Å². The maximum Gasteiger partial charge on any atom is 0.122 e. The van der Waals surface area contributed by atoms with E-state index < -0.39 is 0 Å². The van der Waals surface area contributed by atoms with Gasteiger partial charge in [-0.25, -0.2) is 0 Å². The summed E-state index contributed by atoms with van der Waals surface area (Å²) >= 11 is 0. The van der Waals surface area contributed by atoms with Crippen molar-refractivity contribution in [1.82, 2.24) is 9.80 Å². The highest BCUT2D eigenvalue weighted by Crippen LogP contribution is 2.44. The Kier molecular flexibility index (Phi) is 8.68. The fourth-order valence-corrected chi connectivity index (χ4v) is 5.00. The van der Waals surface area contributed by atoms with E-state index in [0.717, 1.165) is 43.4 Å². The van der Waals surface area contributed by atoms with Crippen LogP contribution >= 0.6 is 24.8 Å². The molecule has 2 heterocycles. The molecular formula is C23H32Cl2N2O3. The molecule has 0 N–H and O–H groups in total. The second kappa shape index (κ2) is 10.6. The summed E-state index contributed by atoms with van der Waals surface area (Å²) in [6.07, 6.45) is 0. The van der Waals surface area contributed by atoms with Gasteiger partial charge in [0.05, 0.1) is 21.3 Å². The van der Waals surface area contributed by atoms with Crippen LogP contribution in [0, 0.1) is 11.8 Å². The van der Waals surface area contributed by atoms with Crippen molar-refractivity contribution in [2.75, 3.05) is 48.0 Å². The molecule has 2 aromatic rings. The lowest BCUT2D eigenvalue weighted by Crippen LogP contribution is -2.28. The van der Waals surface area contributed by atoms with Crippen molar-refractivity contribution in [3.63, 3.8) is 0 Å². The van der Waals surface area contributed by atoms with Crippen LogP contribution in [0.1, 0.15) is 17.2 Å². The molecule has 0 unspecified atom stereocenters. The molecule has 2 saturated heterocycles. The molecule has 0 amide bonds. The number of benzene rings is 2. The fourth-order valence-electron chi connectivity index (χ4n) is 5.00. The van der Waals surface area contributed by atoms with Gasteiger partial charge in [-0.2, -0.15) is 0 Å². The summed E-state index contributed by atoms with van der Waals surface area (Å²) in [5.41, 5.74) is 2.63. The van der Waals surface area contributed by atoms with Gasteiger partial charge in [0.1, 0.15) is 17.2 Å². The van der Waals surface area contributed by atoms with Crippen LogP contribution < -0.4 is 14.2 Å². The Hall–Kier alpha value is -1.66. The number of likely N-dealkylation sites (tertiary alicyclic amines) is 2. The van der Waals surface area contributed by atoms with Gasteiger partial charge in [0.15, 0.2) is 0 Å². The smallest absolute Gasteiger partial charge is 0.122 e. The zero-order chi connectivity index (χ0) is 19.7. The van der Waals surface area contributed by atoms with E-state index in [4.69, 9.17) is 14.2 Å². The summed E-state index contributed by atoms with van der Waals surface area (Å²) < 4.78 is 16.2. The highest BCUT2D eigenvalue weighted by molar-refractivity contribution is 5.85. The van der Waals surface area contributed by atoms with E-state index in [1.54, 1.807) is 21.3 Å². The molecule has 0 aliphatic carbocycles. The van der Waals surface area contributed by atoms with Crippen molar-refractivity contribution in [3.8, 4) is 17.2 Å². The van der Waals surface area contributed by atoms with Crippen molar-refractivity contribution in [3.05, 3.63) is 53.6 Å². The number of rotatable bonds is 6. The second-order valence-electron chi connectivity index (χ2n) is 8.00. The molecule has 2 aliphatic rings. The van der Waals surface area contributed by atoms with Crippen LogP contribution in [0.2, 0.25) is 0 Å². The average molecular weight is 455 g/mol. The van der Waals surface area contributed by atoms with E-state index in [-0.39, 0.29) is 24.8 Å². The standard InChI is InChI=1S/C23H30N2O3.2ClH/c1-24-13-18-14-25(12-16-9-20(27-3)11-21(10-16)28-4)15-22(18)23(24)17-5-7-19(26-2)8-6-17;;/h5-11,18,22-23H,12-15H2,1-4H3;2*1H/t18-,22+,23-;;/m0../s1. The van der Waals surface area contributed by atoms with Gasteiger partial charge in [-0.05, 0) is 54.3 Å². The summed E-state index contributed by atoms with van der Waals surface area (Å²) in [5, 5.41) is 0. The zero-order valence-electron chi connectivity index (χ0n) is 18.0. The third kappa shape index (κ3) is 4.97. The van der Waals surface area contributed by atoms with Gasteiger partial charge in [0.25, 0.3) is 0 Å². The van der Waals surface area contributed by atoms with E-state index in [1.165, 1.54) is 11.1 Å². The third-order valence-electron chi connectivity index (χ3n) is 6.24. The van der Waals surface area contributed by atoms with E-state index in [2.05, 4.69) is 53.2 Å². The number of ether oxygens (including phenoxy) is 3. The largest absolute Gasteiger partial charge is 0.497 e. The van der Waals surface area contributed by atoms with E-state index in [1.807, 2.05) is 6.07 Å². The first kappa shape index (κ1) is 24.6. The monoisotopic (exact) mass is 454 g/mol. The molecule has 0 saturated carbocycles. The lowest BCUT2D eigenvalue weighted by Gasteiger charge is -2.27. The van der Waals surface area contributed by atoms with Gasteiger partial charge in [0, 0.05) is 38.3 Å². The molecule has 2 aliphatic heterocycles. The molecule has 7 heteroatoms. The molecular weight excluding hydrogens is 423 g/mol. The molecule has 4 rings (SSSR count). The Balaban J connectivity index is 0.00000160. The SMILES string of the molecule is COc1ccc([C@H]2[C@@H]3CN(Cc4cc(OC)cc(OC)c4)C[C@@H]3CN2C)cc1.Cl.Cl. The molecule has 166 valence electrons. The van der Waals surface area contributed by atoms with Crippen molar-refractivity contribution in [2.24, 2.45) is 11.8 Å². The fraction of sp³-hybridized carbons (Fsp3) is 0.478. The zero-order valence-corrected chi connectivity index (χ0v) is 19.7. The van der Waals surface area contributed by atoms with E-state index in [9.17, 15) is 0 Å². The number of hydrogen-bond acceptors (Lipinski definition) is 5. The number of hydrogen-bond donors (Lipinski definition) is 0. The average Bonchev–Trinajstić information content (AvgIpc) is 3.23.